The van der Waals surface area contributed by atoms with E-state index in [1.165, 1.54) is 24.3 Å². The van der Waals surface area contributed by atoms with Crippen molar-refractivity contribution in [3.8, 4) is 5.75 Å². The molecule has 2 unspecified atom stereocenters. The summed E-state index contributed by atoms with van der Waals surface area (Å²) in [6.07, 6.45) is 8.05. The summed E-state index contributed by atoms with van der Waals surface area (Å²) < 4.78 is 67.8. The van der Waals surface area contributed by atoms with E-state index in [0.29, 0.717) is 75.9 Å². The van der Waals surface area contributed by atoms with Crippen molar-refractivity contribution in [2.45, 2.75) is 161 Å². The molecule has 2 fully saturated rings. The minimum Gasteiger partial charge on any atom is -0.493 e. The van der Waals surface area contributed by atoms with Crippen LogP contribution in [0.15, 0.2) is 66.7 Å². The van der Waals surface area contributed by atoms with Gasteiger partial charge in [0, 0.05) is 44.1 Å². The highest BCUT2D eigenvalue weighted by Crippen LogP contribution is 2.49. The minimum absolute atomic E-state index is 0.115. The van der Waals surface area contributed by atoms with Crippen molar-refractivity contribution in [1.82, 2.24) is 0 Å². The molecule has 0 aromatic heterocycles. The quantitative estimate of drug-likeness (QED) is 0.0544. The van der Waals surface area contributed by atoms with Crippen molar-refractivity contribution in [3.05, 3.63) is 95.1 Å². The average Bonchev–Trinajstić information content (AvgIpc) is 3.27. The molecule has 1 N–H and O–H groups in total. The number of carbonyl (C=O) groups is 1. The maximum absolute atomic E-state index is 14.1. The fourth-order valence-electron chi connectivity index (χ4n) is 8.32. The number of carbonyl (C=O) groups excluding carboxylic acids is 1. The molecule has 9 nitrogen and oxygen atoms in total. The molecule has 2 saturated heterocycles. The molecular weight excluding hydrogens is 793 g/mol. The molecule has 0 radical (unpaired) electrons. The van der Waals surface area contributed by atoms with Crippen LogP contribution in [0.4, 0.5) is 14.5 Å². The second-order valence-electron chi connectivity index (χ2n) is 16.9. The molecule has 0 saturated carbocycles. The molecule has 3 aromatic carbocycles. The lowest BCUT2D eigenvalue weighted by Gasteiger charge is -2.48. The van der Waals surface area contributed by atoms with E-state index in [2.05, 4.69) is 46.8 Å². The standard InChI is InChI=1S/C51H73F2NO8/c1-6-11-28-57-35-46-49(60-31-14-9-4)50(61-32-15-10-5)48(59-30-13-8-3)45(62-46)34-36-16-25-41(44(33-36)58-29-12-7-2)47-42(26-27-43(55)37-17-19-38(52)20-18-37)51(56)54(47)40-23-21-39(53)22-24-40/h16-25,33,42-43,45-50,55H,6-15,26-32,34-35H2,1-5H3/t42-,43+,45+,46?,47-,48-,49-,50?/m1/s1. The highest BCUT2D eigenvalue weighted by atomic mass is 19.1. The topological polar surface area (TPSA) is 95.9 Å². The Bertz CT molecular complexity index is 1730. The van der Waals surface area contributed by atoms with Crippen LogP contribution >= 0.6 is 0 Å². The van der Waals surface area contributed by atoms with Gasteiger partial charge in [-0.2, -0.15) is 0 Å². The van der Waals surface area contributed by atoms with Gasteiger partial charge in [0.05, 0.1) is 37.4 Å². The molecule has 1 amide bonds. The zero-order valence-electron chi connectivity index (χ0n) is 37.9. The van der Waals surface area contributed by atoms with Crippen molar-refractivity contribution in [1.29, 1.82) is 0 Å². The first-order chi connectivity index (χ1) is 30.2. The fourth-order valence-corrected chi connectivity index (χ4v) is 8.32. The van der Waals surface area contributed by atoms with Crippen molar-refractivity contribution in [2.24, 2.45) is 5.92 Å². The first-order valence-electron chi connectivity index (χ1n) is 23.6. The van der Waals surface area contributed by atoms with E-state index < -0.39 is 30.0 Å². The third-order valence-corrected chi connectivity index (χ3v) is 12.0. The van der Waals surface area contributed by atoms with Crippen molar-refractivity contribution >= 4 is 11.6 Å². The number of hydrogen-bond acceptors (Lipinski definition) is 8. The Morgan fingerprint density at radius 1 is 0.677 bits per heavy atom. The second kappa shape index (κ2) is 26.4. The number of nitrogens with zero attached hydrogens (tertiary/aromatic N) is 1. The van der Waals surface area contributed by atoms with Gasteiger partial charge in [0.1, 0.15) is 41.8 Å². The zero-order valence-corrected chi connectivity index (χ0v) is 37.9. The van der Waals surface area contributed by atoms with Gasteiger partial charge in [-0.25, -0.2) is 8.78 Å². The molecule has 3 aromatic rings. The predicted molar refractivity (Wildman–Crippen MR) is 240 cm³/mol. The van der Waals surface area contributed by atoms with Crippen LogP contribution in [0.1, 0.15) is 141 Å². The van der Waals surface area contributed by atoms with Crippen LogP contribution in [-0.2, 0) is 34.9 Å². The van der Waals surface area contributed by atoms with Gasteiger partial charge in [0.2, 0.25) is 5.91 Å². The highest BCUT2D eigenvalue weighted by molar-refractivity contribution is 6.03. The van der Waals surface area contributed by atoms with Gasteiger partial charge in [-0.15, -0.1) is 0 Å². The SMILES string of the molecule is CCCCOCC1O[C@@H](Cc2ccc([C@@H]3[C@@H](CC[C@H](O)c4ccc(F)cc4)C(=O)N3c3ccc(F)cc3)c(OCCCC)c2)[C@@H](OCCCC)C(OCCCC)[C@@H]1OCCCC. The summed E-state index contributed by atoms with van der Waals surface area (Å²) in [6.45, 7) is 14.0. The van der Waals surface area contributed by atoms with E-state index in [1.54, 1.807) is 29.2 Å². The van der Waals surface area contributed by atoms with Gasteiger partial charge in [-0.3, -0.25) is 4.79 Å². The Kier molecular flexibility index (Phi) is 21.1. The van der Waals surface area contributed by atoms with Crippen LogP contribution in [0.2, 0.25) is 0 Å². The molecule has 62 heavy (non-hydrogen) atoms. The van der Waals surface area contributed by atoms with Gasteiger partial charge in [0.15, 0.2) is 0 Å². The van der Waals surface area contributed by atoms with E-state index in [9.17, 15) is 18.7 Å². The number of ether oxygens (including phenoxy) is 6. The highest BCUT2D eigenvalue weighted by Gasteiger charge is 2.51. The molecule has 2 aliphatic heterocycles. The average molecular weight is 866 g/mol. The third kappa shape index (κ3) is 13.8. The molecule has 2 heterocycles. The Balaban J connectivity index is 1.49. The monoisotopic (exact) mass is 866 g/mol. The molecule has 0 spiro atoms. The van der Waals surface area contributed by atoms with Crippen molar-refractivity contribution in [2.75, 3.05) is 44.5 Å². The first kappa shape index (κ1) is 49.6. The largest absolute Gasteiger partial charge is 0.493 e. The van der Waals surface area contributed by atoms with Crippen molar-refractivity contribution in [3.63, 3.8) is 0 Å². The Labute approximate surface area is 369 Å². The number of aliphatic hydroxyl groups excluding tert-OH is 1. The number of halogens is 2. The predicted octanol–water partition coefficient (Wildman–Crippen LogP) is 11.0. The second-order valence-corrected chi connectivity index (χ2v) is 16.9. The number of hydrogen-bond donors (Lipinski definition) is 1. The van der Waals surface area contributed by atoms with Crippen LogP contribution in [0.25, 0.3) is 0 Å². The minimum atomic E-state index is -0.873. The van der Waals surface area contributed by atoms with Crippen LogP contribution in [-0.4, -0.2) is 81.2 Å². The molecular formula is C51H73F2NO8. The summed E-state index contributed by atoms with van der Waals surface area (Å²) in [7, 11) is 0. The molecule has 2 aliphatic rings. The number of rotatable bonds is 29. The van der Waals surface area contributed by atoms with E-state index >= 15 is 0 Å². The molecule has 0 aliphatic carbocycles. The zero-order chi connectivity index (χ0) is 44.3. The summed E-state index contributed by atoms with van der Waals surface area (Å²) in [6, 6.07) is 17.5. The van der Waals surface area contributed by atoms with Gasteiger partial charge >= 0.3 is 0 Å². The molecule has 0 bridgehead atoms. The maximum atomic E-state index is 14.1. The number of unbranched alkanes of at least 4 members (excludes halogenated alkanes) is 5. The summed E-state index contributed by atoms with van der Waals surface area (Å²) >= 11 is 0. The Morgan fingerprint density at radius 3 is 1.84 bits per heavy atom. The van der Waals surface area contributed by atoms with Gasteiger partial charge in [0.25, 0.3) is 0 Å². The molecule has 8 atom stereocenters. The lowest BCUT2D eigenvalue weighted by molar-refractivity contribution is -0.265. The first-order valence-corrected chi connectivity index (χ1v) is 23.6. The third-order valence-electron chi connectivity index (χ3n) is 12.0. The molecule has 344 valence electrons. The Hall–Kier alpha value is -3.45. The van der Waals surface area contributed by atoms with Crippen LogP contribution < -0.4 is 9.64 Å². The summed E-state index contributed by atoms with van der Waals surface area (Å²) in [5, 5.41) is 11.1. The number of benzene rings is 3. The lowest BCUT2D eigenvalue weighted by Crippen LogP contribution is -2.62. The van der Waals surface area contributed by atoms with E-state index in [4.69, 9.17) is 28.4 Å². The maximum Gasteiger partial charge on any atom is 0.233 e. The number of aliphatic hydroxyl groups is 1. The lowest BCUT2D eigenvalue weighted by atomic mass is 9.77. The normalized spacial score (nSPS) is 23.1. The summed E-state index contributed by atoms with van der Waals surface area (Å²) in [4.78, 5) is 15.8. The molecule has 11 heteroatoms. The van der Waals surface area contributed by atoms with Crippen LogP contribution in [0, 0.1) is 17.6 Å². The van der Waals surface area contributed by atoms with Crippen molar-refractivity contribution < 1.29 is 47.1 Å². The van der Waals surface area contributed by atoms with Crippen LogP contribution in [0.3, 0.4) is 0 Å². The molecule has 5 rings (SSSR count). The summed E-state index contributed by atoms with van der Waals surface area (Å²) in [5.74, 6) is -0.697. The van der Waals surface area contributed by atoms with E-state index in [-0.39, 0.29) is 36.1 Å². The number of amides is 1. The summed E-state index contributed by atoms with van der Waals surface area (Å²) in [5.41, 5.74) is 2.99. The van der Waals surface area contributed by atoms with Crippen LogP contribution in [0.5, 0.6) is 5.75 Å². The van der Waals surface area contributed by atoms with Gasteiger partial charge in [-0.05, 0) is 98.5 Å². The fraction of sp³-hybridized carbons (Fsp3) is 0.627. The number of anilines is 1. The van der Waals surface area contributed by atoms with Gasteiger partial charge < -0.3 is 38.4 Å². The number of β-lactam (4-membered cyclic amide) rings is 1. The Morgan fingerprint density at radius 2 is 1.23 bits per heavy atom. The smallest absolute Gasteiger partial charge is 0.233 e. The van der Waals surface area contributed by atoms with Gasteiger partial charge in [-0.1, -0.05) is 91.0 Å². The van der Waals surface area contributed by atoms with E-state index in [0.717, 1.165) is 75.3 Å². The van der Waals surface area contributed by atoms with E-state index in [1.807, 2.05) is 6.07 Å².